The number of halogens is 1. The maximum atomic E-state index is 11.2. The molecule has 1 amide bonds. The maximum Gasteiger partial charge on any atom is 0.239 e. The monoisotopic (exact) mass is 245 g/mol. The van der Waals surface area contributed by atoms with Crippen LogP contribution in [0.4, 0.5) is 5.69 Å². The molecule has 0 unspecified atom stereocenters. The predicted octanol–water partition coefficient (Wildman–Crippen LogP) is 1.32. The minimum absolute atomic E-state index is 0.0534. The van der Waals surface area contributed by atoms with Crippen LogP contribution in [0.1, 0.15) is 11.4 Å². The molecule has 0 saturated heterocycles. The van der Waals surface area contributed by atoms with Crippen molar-refractivity contribution in [3.63, 3.8) is 0 Å². The first-order valence-electron chi connectivity index (χ1n) is 4.99. The number of nitrogens with zero attached hydrogens (tertiary/aromatic N) is 2. The van der Waals surface area contributed by atoms with Crippen molar-refractivity contribution in [3.8, 4) is 0 Å². The van der Waals surface area contributed by atoms with Crippen molar-refractivity contribution in [1.29, 1.82) is 0 Å². The Bertz CT molecular complexity index is 376. The van der Waals surface area contributed by atoms with Crippen molar-refractivity contribution in [3.05, 3.63) is 11.4 Å². The number of aromatic nitrogens is 2. The van der Waals surface area contributed by atoms with Gasteiger partial charge in [0.05, 0.1) is 30.2 Å². The lowest BCUT2D eigenvalue weighted by molar-refractivity contribution is -0.113. The van der Waals surface area contributed by atoms with Crippen LogP contribution in [0.25, 0.3) is 0 Å². The Morgan fingerprint density at radius 3 is 2.81 bits per heavy atom. The van der Waals surface area contributed by atoms with Crippen molar-refractivity contribution in [1.82, 2.24) is 9.78 Å². The van der Waals surface area contributed by atoms with Gasteiger partial charge in [-0.3, -0.25) is 9.48 Å². The van der Waals surface area contributed by atoms with Gasteiger partial charge in [0.25, 0.3) is 0 Å². The summed E-state index contributed by atoms with van der Waals surface area (Å²) in [5.74, 6) is -0.276. The van der Waals surface area contributed by atoms with E-state index in [0.717, 1.165) is 17.1 Å². The lowest BCUT2D eigenvalue weighted by atomic mass is 10.3. The second kappa shape index (κ2) is 5.86. The highest BCUT2D eigenvalue weighted by Crippen LogP contribution is 2.19. The van der Waals surface area contributed by atoms with E-state index in [1.807, 2.05) is 18.5 Å². The minimum atomic E-state index is -0.223. The highest BCUT2D eigenvalue weighted by atomic mass is 35.5. The van der Waals surface area contributed by atoms with E-state index in [2.05, 4.69) is 10.4 Å². The fraction of sp³-hybridized carbons (Fsp3) is 0.600. The molecule has 0 fully saturated rings. The molecule has 0 aliphatic rings. The summed E-state index contributed by atoms with van der Waals surface area (Å²) < 4.78 is 6.79. The van der Waals surface area contributed by atoms with Crippen LogP contribution in [0.5, 0.6) is 0 Å². The molecule has 0 radical (unpaired) electrons. The normalized spacial score (nSPS) is 10.5. The summed E-state index contributed by atoms with van der Waals surface area (Å²) in [6.07, 6.45) is 0. The molecule has 0 aliphatic heterocycles. The maximum absolute atomic E-state index is 11.2. The summed E-state index contributed by atoms with van der Waals surface area (Å²) in [5.41, 5.74) is 2.43. The minimum Gasteiger partial charge on any atom is -0.383 e. The lowest BCUT2D eigenvalue weighted by Gasteiger charge is -2.05. The van der Waals surface area contributed by atoms with Crippen molar-refractivity contribution in [2.24, 2.45) is 0 Å². The van der Waals surface area contributed by atoms with Crippen LogP contribution < -0.4 is 5.32 Å². The Morgan fingerprint density at radius 1 is 1.56 bits per heavy atom. The Morgan fingerprint density at radius 2 is 2.25 bits per heavy atom. The second-order valence-corrected chi connectivity index (χ2v) is 3.71. The van der Waals surface area contributed by atoms with Crippen LogP contribution in [0, 0.1) is 13.8 Å². The first-order chi connectivity index (χ1) is 7.60. The Hall–Kier alpha value is -1.07. The average Bonchev–Trinajstić information content (AvgIpc) is 2.53. The molecular weight excluding hydrogens is 230 g/mol. The highest BCUT2D eigenvalue weighted by molar-refractivity contribution is 6.29. The van der Waals surface area contributed by atoms with Gasteiger partial charge in [0.2, 0.25) is 5.91 Å². The van der Waals surface area contributed by atoms with Gasteiger partial charge in [-0.15, -0.1) is 11.6 Å². The van der Waals surface area contributed by atoms with Crippen LogP contribution in [0.3, 0.4) is 0 Å². The van der Waals surface area contributed by atoms with E-state index >= 15 is 0 Å². The molecule has 1 N–H and O–H groups in total. The first kappa shape index (κ1) is 13.0. The number of aryl methyl sites for hydroxylation is 1. The molecule has 6 heteroatoms. The summed E-state index contributed by atoms with van der Waals surface area (Å²) in [4.78, 5) is 11.2. The van der Waals surface area contributed by atoms with Crippen LogP contribution in [-0.4, -0.2) is 35.3 Å². The molecule has 0 aliphatic carbocycles. The number of rotatable bonds is 5. The zero-order chi connectivity index (χ0) is 12.1. The number of methoxy groups -OCH3 is 1. The van der Waals surface area contributed by atoms with Crippen molar-refractivity contribution in [2.45, 2.75) is 20.4 Å². The number of nitrogens with one attached hydrogen (secondary N) is 1. The van der Waals surface area contributed by atoms with Gasteiger partial charge in [0, 0.05) is 7.11 Å². The SMILES string of the molecule is COCCn1nc(C)c(NC(=O)CCl)c1C. The molecule has 90 valence electrons. The van der Waals surface area contributed by atoms with Crippen molar-refractivity contribution >= 4 is 23.2 Å². The van der Waals surface area contributed by atoms with Crippen LogP contribution in [-0.2, 0) is 16.1 Å². The van der Waals surface area contributed by atoms with Gasteiger partial charge >= 0.3 is 0 Å². The number of carbonyl (C=O) groups is 1. The van der Waals surface area contributed by atoms with Gasteiger partial charge in [-0.25, -0.2) is 0 Å². The van der Waals surface area contributed by atoms with Crippen molar-refractivity contribution in [2.75, 3.05) is 24.9 Å². The lowest BCUT2D eigenvalue weighted by Crippen LogP contribution is -2.14. The summed E-state index contributed by atoms with van der Waals surface area (Å²) in [6.45, 7) is 5.00. The summed E-state index contributed by atoms with van der Waals surface area (Å²) in [5, 5.41) is 7.04. The van der Waals surface area contributed by atoms with Crippen LogP contribution in [0.15, 0.2) is 0 Å². The third-order valence-electron chi connectivity index (χ3n) is 2.27. The molecule has 0 atom stereocenters. The summed E-state index contributed by atoms with van der Waals surface area (Å²) in [7, 11) is 1.64. The molecule has 0 bridgehead atoms. The number of anilines is 1. The Balaban J connectivity index is 2.84. The van der Waals surface area contributed by atoms with Gasteiger partial charge in [-0.2, -0.15) is 5.10 Å². The fourth-order valence-electron chi connectivity index (χ4n) is 1.45. The molecule has 1 aromatic rings. The third kappa shape index (κ3) is 2.96. The molecule has 0 saturated carbocycles. The van der Waals surface area contributed by atoms with Crippen LogP contribution in [0.2, 0.25) is 0 Å². The quantitative estimate of drug-likeness (QED) is 0.797. The largest absolute Gasteiger partial charge is 0.383 e. The molecular formula is C10H16ClN3O2. The van der Waals surface area contributed by atoms with E-state index in [1.165, 1.54) is 0 Å². The Labute approximate surface area is 99.7 Å². The fourth-order valence-corrected chi connectivity index (χ4v) is 1.51. The van der Waals surface area contributed by atoms with Gasteiger partial charge < -0.3 is 10.1 Å². The summed E-state index contributed by atoms with van der Waals surface area (Å²) in [6, 6.07) is 0. The van der Waals surface area contributed by atoms with Gasteiger partial charge in [0.15, 0.2) is 0 Å². The standard InChI is InChI=1S/C10H16ClN3O2/c1-7-10(12-9(15)6-11)8(2)14(13-7)4-5-16-3/h4-6H2,1-3H3,(H,12,15). The Kier molecular flexibility index (Phi) is 4.76. The molecule has 1 heterocycles. The van der Waals surface area contributed by atoms with E-state index < -0.39 is 0 Å². The van der Waals surface area contributed by atoms with E-state index in [-0.39, 0.29) is 11.8 Å². The smallest absolute Gasteiger partial charge is 0.239 e. The molecule has 1 aromatic heterocycles. The number of hydrogen-bond acceptors (Lipinski definition) is 3. The van der Waals surface area contributed by atoms with Crippen molar-refractivity contribution < 1.29 is 9.53 Å². The molecule has 1 rings (SSSR count). The van der Waals surface area contributed by atoms with Crippen LogP contribution >= 0.6 is 11.6 Å². The molecule has 5 nitrogen and oxygen atoms in total. The van der Waals surface area contributed by atoms with Gasteiger partial charge in [-0.1, -0.05) is 0 Å². The van der Waals surface area contributed by atoms with E-state index in [4.69, 9.17) is 16.3 Å². The number of hydrogen-bond donors (Lipinski definition) is 1. The number of ether oxygens (including phenoxy) is 1. The van der Waals surface area contributed by atoms with Gasteiger partial charge in [0.1, 0.15) is 5.88 Å². The van der Waals surface area contributed by atoms with E-state index in [1.54, 1.807) is 7.11 Å². The van der Waals surface area contributed by atoms with Gasteiger partial charge in [-0.05, 0) is 13.8 Å². The van der Waals surface area contributed by atoms with E-state index in [9.17, 15) is 4.79 Å². The predicted molar refractivity (Wildman–Crippen MR) is 62.9 cm³/mol. The first-order valence-corrected chi connectivity index (χ1v) is 5.52. The number of amides is 1. The number of carbonyl (C=O) groups excluding carboxylic acids is 1. The van der Waals surface area contributed by atoms with E-state index in [0.29, 0.717) is 13.2 Å². The second-order valence-electron chi connectivity index (χ2n) is 3.44. The molecule has 0 aromatic carbocycles. The zero-order valence-corrected chi connectivity index (χ0v) is 10.5. The third-order valence-corrected chi connectivity index (χ3v) is 2.52. The molecule has 0 spiro atoms. The average molecular weight is 246 g/mol. The zero-order valence-electron chi connectivity index (χ0n) is 9.71. The highest BCUT2D eigenvalue weighted by Gasteiger charge is 2.13. The molecule has 16 heavy (non-hydrogen) atoms. The topological polar surface area (TPSA) is 56.1 Å². The summed E-state index contributed by atoms with van der Waals surface area (Å²) >= 11 is 5.44. The number of alkyl halides is 1.